The molecule has 3 aromatic rings. The third kappa shape index (κ3) is 7.20. The van der Waals surface area contributed by atoms with Gasteiger partial charge in [-0.2, -0.15) is 0 Å². The summed E-state index contributed by atoms with van der Waals surface area (Å²) in [5.41, 5.74) is 2.78. The minimum atomic E-state index is -1.18. The van der Waals surface area contributed by atoms with Crippen molar-refractivity contribution in [2.45, 2.75) is 33.5 Å². The number of amides is 3. The average molecular weight is 494 g/mol. The molecule has 0 fully saturated rings. The molecule has 0 saturated heterocycles. The molecule has 0 aliphatic heterocycles. The summed E-state index contributed by atoms with van der Waals surface area (Å²) in [5, 5.41) is 8.54. The summed E-state index contributed by atoms with van der Waals surface area (Å²) < 4.78 is 21.5. The molecule has 0 unspecified atom stereocenters. The second kappa shape index (κ2) is 12.2. The van der Waals surface area contributed by atoms with Gasteiger partial charge in [0.2, 0.25) is 0 Å². The molecule has 2 aromatic carbocycles. The molecular weight excluding hydrogens is 466 g/mol. The number of para-hydroxylation sites is 1. The minimum Gasteiger partial charge on any atom is -0.493 e. The van der Waals surface area contributed by atoms with E-state index in [1.54, 1.807) is 48.5 Å². The number of carbonyl (C=O) groups is 3. The molecule has 0 saturated carbocycles. The summed E-state index contributed by atoms with van der Waals surface area (Å²) in [6, 6.07) is 13.0. The van der Waals surface area contributed by atoms with Crippen LogP contribution in [0.1, 0.15) is 29.5 Å². The molecule has 0 spiro atoms. The van der Waals surface area contributed by atoms with Gasteiger partial charge in [-0.1, -0.05) is 29.4 Å². The monoisotopic (exact) mass is 493 g/mol. The zero-order valence-electron chi connectivity index (χ0n) is 20.4. The maximum absolute atomic E-state index is 12.2. The molecule has 188 valence electrons. The fourth-order valence-electron chi connectivity index (χ4n) is 3.09. The number of hydrogen-bond acceptors (Lipinski definition) is 8. The predicted molar refractivity (Wildman–Crippen MR) is 131 cm³/mol. The Morgan fingerprint density at radius 1 is 1.08 bits per heavy atom. The third-order valence-corrected chi connectivity index (χ3v) is 5.08. The fourth-order valence-corrected chi connectivity index (χ4v) is 3.09. The lowest BCUT2D eigenvalue weighted by Crippen LogP contribution is -2.41. The number of methoxy groups -OCH3 is 1. The second-order valence-electron chi connectivity index (χ2n) is 7.72. The number of anilines is 1. The number of carbonyl (C=O) groups excluding carboxylic acids is 3. The Morgan fingerprint density at radius 3 is 2.50 bits per heavy atom. The Bertz CT molecular complexity index is 1230. The van der Waals surface area contributed by atoms with E-state index in [0.717, 1.165) is 11.3 Å². The first-order valence-corrected chi connectivity index (χ1v) is 11.0. The normalized spacial score (nSPS) is 11.6. The van der Waals surface area contributed by atoms with Crippen molar-refractivity contribution in [1.82, 2.24) is 10.5 Å². The Labute approximate surface area is 208 Å². The Hall–Kier alpha value is -4.60. The van der Waals surface area contributed by atoms with Gasteiger partial charge in [-0.25, -0.2) is 9.59 Å². The van der Waals surface area contributed by atoms with Gasteiger partial charge in [0.05, 0.1) is 18.4 Å². The van der Waals surface area contributed by atoms with Crippen LogP contribution < -0.4 is 20.1 Å². The molecule has 1 heterocycles. The van der Waals surface area contributed by atoms with Crippen LogP contribution in [0.5, 0.6) is 11.5 Å². The van der Waals surface area contributed by atoms with Gasteiger partial charge in [0.15, 0.2) is 17.6 Å². The number of hydrogen-bond donors (Lipinski definition) is 2. The first-order chi connectivity index (χ1) is 17.3. The predicted octanol–water partition coefficient (Wildman–Crippen LogP) is 4.17. The molecule has 0 bridgehead atoms. The second-order valence-corrected chi connectivity index (χ2v) is 7.72. The van der Waals surface area contributed by atoms with Crippen LogP contribution >= 0.6 is 0 Å². The summed E-state index contributed by atoms with van der Waals surface area (Å²) in [7, 11) is 1.51. The molecule has 10 nitrogen and oxygen atoms in total. The van der Waals surface area contributed by atoms with E-state index in [9.17, 15) is 14.4 Å². The molecule has 3 amide bonds. The highest BCUT2D eigenvalue weighted by molar-refractivity contribution is 6.03. The smallest absolute Gasteiger partial charge is 0.331 e. The van der Waals surface area contributed by atoms with Crippen molar-refractivity contribution in [1.29, 1.82) is 0 Å². The zero-order chi connectivity index (χ0) is 26.1. The molecule has 0 aliphatic rings. The van der Waals surface area contributed by atoms with Crippen LogP contribution in [0.2, 0.25) is 0 Å². The Morgan fingerprint density at radius 2 is 1.83 bits per heavy atom. The van der Waals surface area contributed by atoms with Crippen LogP contribution in [0, 0.1) is 13.8 Å². The highest BCUT2D eigenvalue weighted by Crippen LogP contribution is 2.30. The molecule has 2 N–H and O–H groups in total. The number of urea groups is 1. The number of nitrogens with zero attached hydrogens (tertiary/aromatic N) is 1. The molecule has 3 rings (SSSR count). The van der Waals surface area contributed by atoms with Crippen molar-refractivity contribution in [3.05, 3.63) is 77.2 Å². The molecule has 1 aromatic heterocycles. The van der Waals surface area contributed by atoms with E-state index < -0.39 is 24.0 Å². The molecular formula is C26H27N3O7. The molecule has 10 heteroatoms. The van der Waals surface area contributed by atoms with E-state index in [1.165, 1.54) is 26.2 Å². The lowest BCUT2D eigenvalue weighted by Gasteiger charge is -2.12. The summed E-state index contributed by atoms with van der Waals surface area (Å²) in [5.74, 6) is 0.153. The number of nitrogens with one attached hydrogen (secondary N) is 2. The van der Waals surface area contributed by atoms with Crippen LogP contribution in [-0.4, -0.2) is 36.3 Å². The summed E-state index contributed by atoms with van der Waals surface area (Å²) in [6.45, 7) is 5.28. The van der Waals surface area contributed by atoms with Crippen molar-refractivity contribution < 1.29 is 33.1 Å². The average Bonchev–Trinajstić information content (AvgIpc) is 3.18. The van der Waals surface area contributed by atoms with Gasteiger partial charge < -0.3 is 24.1 Å². The maximum atomic E-state index is 12.2. The summed E-state index contributed by atoms with van der Waals surface area (Å²) >= 11 is 0. The highest BCUT2D eigenvalue weighted by Gasteiger charge is 2.19. The van der Waals surface area contributed by atoms with Gasteiger partial charge in [0.25, 0.3) is 5.91 Å². The van der Waals surface area contributed by atoms with Crippen LogP contribution in [0.15, 0.2) is 59.1 Å². The van der Waals surface area contributed by atoms with E-state index in [1.807, 2.05) is 13.8 Å². The first-order valence-electron chi connectivity index (χ1n) is 11.0. The van der Waals surface area contributed by atoms with Gasteiger partial charge in [-0.3, -0.25) is 10.1 Å². The van der Waals surface area contributed by atoms with E-state index in [4.69, 9.17) is 18.7 Å². The van der Waals surface area contributed by atoms with Crippen molar-refractivity contribution in [2.75, 3.05) is 12.4 Å². The number of aryl methyl sites for hydroxylation is 2. The largest absolute Gasteiger partial charge is 0.493 e. The van der Waals surface area contributed by atoms with Gasteiger partial charge in [-0.15, -0.1) is 0 Å². The van der Waals surface area contributed by atoms with Crippen molar-refractivity contribution in [2.24, 2.45) is 0 Å². The van der Waals surface area contributed by atoms with Gasteiger partial charge >= 0.3 is 12.0 Å². The molecule has 0 aliphatic carbocycles. The van der Waals surface area contributed by atoms with Gasteiger partial charge in [0, 0.05) is 11.8 Å². The minimum absolute atomic E-state index is 0.266. The van der Waals surface area contributed by atoms with Gasteiger partial charge in [-0.05, 0) is 56.7 Å². The first kappa shape index (κ1) is 26.0. The highest BCUT2D eigenvalue weighted by atomic mass is 16.5. The van der Waals surface area contributed by atoms with Crippen molar-refractivity contribution in [3.8, 4) is 11.5 Å². The molecule has 1 atom stereocenters. The SMILES string of the molecule is COc1cc(/C=C/C(=O)O[C@H](C)C(=O)NC(=O)Nc2ccccc2)ccc1OCc1c(C)noc1C. The number of imide groups is 1. The van der Waals surface area contributed by atoms with E-state index in [-0.39, 0.29) is 6.61 Å². The summed E-state index contributed by atoms with van der Waals surface area (Å²) in [4.78, 5) is 36.2. The van der Waals surface area contributed by atoms with Gasteiger partial charge in [0.1, 0.15) is 12.4 Å². The van der Waals surface area contributed by atoms with Crippen LogP contribution in [0.4, 0.5) is 10.5 Å². The van der Waals surface area contributed by atoms with Crippen molar-refractivity contribution in [3.63, 3.8) is 0 Å². The zero-order valence-corrected chi connectivity index (χ0v) is 20.4. The number of rotatable bonds is 9. The Balaban J connectivity index is 1.52. The lowest BCUT2D eigenvalue weighted by atomic mass is 10.2. The van der Waals surface area contributed by atoms with E-state index in [2.05, 4.69) is 15.8 Å². The number of aromatic nitrogens is 1. The maximum Gasteiger partial charge on any atom is 0.331 e. The van der Waals surface area contributed by atoms with Crippen LogP contribution in [-0.2, 0) is 20.9 Å². The van der Waals surface area contributed by atoms with Crippen LogP contribution in [0.3, 0.4) is 0 Å². The summed E-state index contributed by atoms with van der Waals surface area (Å²) in [6.07, 6.45) is 1.50. The third-order valence-electron chi connectivity index (χ3n) is 5.08. The van der Waals surface area contributed by atoms with Crippen LogP contribution in [0.25, 0.3) is 6.08 Å². The molecule has 0 radical (unpaired) electrons. The van der Waals surface area contributed by atoms with E-state index in [0.29, 0.717) is 28.5 Å². The number of esters is 1. The fraction of sp³-hybridized carbons (Fsp3) is 0.231. The quantitative estimate of drug-likeness (QED) is 0.336. The number of ether oxygens (including phenoxy) is 3. The molecule has 36 heavy (non-hydrogen) atoms. The van der Waals surface area contributed by atoms with E-state index >= 15 is 0 Å². The van der Waals surface area contributed by atoms with Crippen molar-refractivity contribution >= 4 is 29.7 Å². The number of benzene rings is 2. The lowest BCUT2D eigenvalue weighted by molar-refractivity contribution is -0.149. The standard InChI is InChI=1S/C26H27N3O7/c1-16-21(17(2)36-29-16)15-34-22-12-10-19(14-23(22)33-4)11-13-24(30)35-18(3)25(31)28-26(32)27-20-8-6-5-7-9-20/h5-14,18H,15H2,1-4H3,(H2,27,28,31,32)/b13-11+/t18-/m1/s1. The topological polar surface area (TPSA) is 129 Å². The Kier molecular flexibility index (Phi) is 8.82.